The number of nitrogens with zero attached hydrogens (tertiary/aromatic N) is 2. The molecule has 2 aromatic rings. The van der Waals surface area contributed by atoms with E-state index in [1.54, 1.807) is 18.1 Å². The van der Waals surface area contributed by atoms with Crippen molar-refractivity contribution in [1.29, 1.82) is 0 Å². The Morgan fingerprint density at radius 2 is 2.00 bits per heavy atom. The minimum Gasteiger partial charge on any atom is -0.481 e. The molecule has 2 amide bonds. The van der Waals surface area contributed by atoms with E-state index in [1.165, 1.54) is 0 Å². The van der Waals surface area contributed by atoms with E-state index in [2.05, 4.69) is 4.98 Å². The van der Waals surface area contributed by atoms with Gasteiger partial charge in [-0.3, -0.25) is 9.59 Å². The first kappa shape index (κ1) is 16.2. The van der Waals surface area contributed by atoms with Crippen LogP contribution >= 0.6 is 0 Å². The predicted octanol–water partition coefficient (Wildman–Crippen LogP) is 1.97. The number of methoxy groups -OCH3 is 1. The fourth-order valence-electron chi connectivity index (χ4n) is 3.22. The monoisotopic (exact) mass is 327 g/mol. The fraction of sp³-hybridized carbons (Fsp3) is 0.389. The zero-order valence-electron chi connectivity index (χ0n) is 13.7. The normalized spacial score (nSPS) is 15.5. The van der Waals surface area contributed by atoms with E-state index >= 15 is 0 Å². The number of primary amides is 1. The summed E-state index contributed by atoms with van der Waals surface area (Å²) in [5.74, 6) is 0.350. The standard InChI is InChI=1S/C18H21N3O3/c1-24-17-14-5-3-2-4-13(14)11-15(20-17)18(23)21-8-6-12(7-9-21)10-16(19)22/h2-5,11-12H,6-10H2,1H3,(H2,19,22). The van der Waals surface area contributed by atoms with Crippen molar-refractivity contribution in [3.05, 3.63) is 36.0 Å². The van der Waals surface area contributed by atoms with Crippen molar-refractivity contribution in [2.75, 3.05) is 20.2 Å². The van der Waals surface area contributed by atoms with Gasteiger partial charge < -0.3 is 15.4 Å². The molecule has 6 nitrogen and oxygen atoms in total. The van der Waals surface area contributed by atoms with Gasteiger partial charge in [-0.2, -0.15) is 0 Å². The number of nitrogens with two attached hydrogens (primary N) is 1. The number of piperidine rings is 1. The smallest absolute Gasteiger partial charge is 0.272 e. The number of amides is 2. The number of aromatic nitrogens is 1. The molecular formula is C18H21N3O3. The summed E-state index contributed by atoms with van der Waals surface area (Å²) in [5, 5.41) is 1.81. The zero-order valence-corrected chi connectivity index (χ0v) is 13.7. The van der Waals surface area contributed by atoms with Crippen molar-refractivity contribution in [3.8, 4) is 5.88 Å². The van der Waals surface area contributed by atoms with Crippen molar-refractivity contribution < 1.29 is 14.3 Å². The first-order chi connectivity index (χ1) is 11.6. The van der Waals surface area contributed by atoms with Crippen LogP contribution in [0.4, 0.5) is 0 Å². The molecule has 24 heavy (non-hydrogen) atoms. The quantitative estimate of drug-likeness (QED) is 0.930. The molecule has 0 atom stereocenters. The summed E-state index contributed by atoms with van der Waals surface area (Å²) in [6.45, 7) is 1.24. The van der Waals surface area contributed by atoms with E-state index in [1.807, 2.05) is 24.3 Å². The Kier molecular flexibility index (Phi) is 4.64. The number of hydrogen-bond donors (Lipinski definition) is 1. The third kappa shape index (κ3) is 3.32. The summed E-state index contributed by atoms with van der Waals surface area (Å²) < 4.78 is 5.33. The Bertz CT molecular complexity index is 767. The highest BCUT2D eigenvalue weighted by Gasteiger charge is 2.26. The molecule has 3 rings (SSSR count). The van der Waals surface area contributed by atoms with Gasteiger partial charge in [-0.05, 0) is 36.3 Å². The van der Waals surface area contributed by atoms with Crippen LogP contribution in [0.15, 0.2) is 30.3 Å². The first-order valence-electron chi connectivity index (χ1n) is 8.10. The van der Waals surface area contributed by atoms with Crippen LogP contribution in [-0.2, 0) is 4.79 Å². The average molecular weight is 327 g/mol. The largest absolute Gasteiger partial charge is 0.481 e. The predicted molar refractivity (Wildman–Crippen MR) is 90.7 cm³/mol. The second-order valence-corrected chi connectivity index (χ2v) is 6.14. The van der Waals surface area contributed by atoms with Crippen LogP contribution in [0.2, 0.25) is 0 Å². The van der Waals surface area contributed by atoms with Crippen LogP contribution in [0.1, 0.15) is 29.8 Å². The second-order valence-electron chi connectivity index (χ2n) is 6.14. The maximum atomic E-state index is 12.8. The summed E-state index contributed by atoms with van der Waals surface area (Å²) in [4.78, 5) is 29.9. The topological polar surface area (TPSA) is 85.5 Å². The summed E-state index contributed by atoms with van der Waals surface area (Å²) in [5.41, 5.74) is 5.64. The van der Waals surface area contributed by atoms with Crippen LogP contribution in [0, 0.1) is 5.92 Å². The van der Waals surface area contributed by atoms with Crippen LogP contribution in [-0.4, -0.2) is 41.9 Å². The van der Waals surface area contributed by atoms with E-state index in [0.717, 1.165) is 23.6 Å². The lowest BCUT2D eigenvalue weighted by Crippen LogP contribution is -2.39. The number of rotatable bonds is 4. The second kappa shape index (κ2) is 6.86. The van der Waals surface area contributed by atoms with Crippen LogP contribution in [0.5, 0.6) is 5.88 Å². The lowest BCUT2D eigenvalue weighted by atomic mass is 9.93. The van der Waals surface area contributed by atoms with Crippen LogP contribution in [0.3, 0.4) is 0 Å². The van der Waals surface area contributed by atoms with Gasteiger partial charge in [-0.15, -0.1) is 0 Å². The van der Waals surface area contributed by atoms with Gasteiger partial charge >= 0.3 is 0 Å². The lowest BCUT2D eigenvalue weighted by Gasteiger charge is -2.31. The Hall–Kier alpha value is -2.63. The molecule has 0 unspecified atom stereocenters. The maximum Gasteiger partial charge on any atom is 0.272 e. The molecule has 1 aromatic carbocycles. The highest BCUT2D eigenvalue weighted by atomic mass is 16.5. The van der Waals surface area contributed by atoms with E-state index < -0.39 is 0 Å². The van der Waals surface area contributed by atoms with Gasteiger partial charge in [-0.1, -0.05) is 18.2 Å². The third-order valence-corrected chi connectivity index (χ3v) is 4.51. The Morgan fingerprint density at radius 1 is 1.29 bits per heavy atom. The molecule has 1 aromatic heterocycles. The number of fused-ring (bicyclic) bond motifs is 1. The van der Waals surface area contributed by atoms with Crippen molar-refractivity contribution in [2.45, 2.75) is 19.3 Å². The van der Waals surface area contributed by atoms with Crippen LogP contribution < -0.4 is 10.5 Å². The third-order valence-electron chi connectivity index (χ3n) is 4.51. The molecule has 1 fully saturated rings. The van der Waals surface area contributed by atoms with Gasteiger partial charge in [0.25, 0.3) is 5.91 Å². The summed E-state index contributed by atoms with van der Waals surface area (Å²) in [6, 6.07) is 9.50. The number of ether oxygens (including phenoxy) is 1. The number of carbonyl (C=O) groups excluding carboxylic acids is 2. The SMILES string of the molecule is COc1nc(C(=O)N2CCC(CC(N)=O)CC2)cc2ccccc12. The van der Waals surface area contributed by atoms with Gasteiger partial charge in [0.05, 0.1) is 7.11 Å². The average Bonchev–Trinajstić information content (AvgIpc) is 2.60. The highest BCUT2D eigenvalue weighted by molar-refractivity contribution is 5.98. The Balaban J connectivity index is 1.78. The van der Waals surface area contributed by atoms with Gasteiger partial charge in [0.1, 0.15) is 5.69 Å². The van der Waals surface area contributed by atoms with E-state index in [-0.39, 0.29) is 17.7 Å². The summed E-state index contributed by atoms with van der Waals surface area (Å²) in [7, 11) is 1.55. The minimum atomic E-state index is -0.277. The molecule has 2 N–H and O–H groups in total. The van der Waals surface area contributed by atoms with Gasteiger partial charge in [0.2, 0.25) is 11.8 Å². The zero-order chi connectivity index (χ0) is 17.1. The molecule has 0 aliphatic carbocycles. The van der Waals surface area contributed by atoms with E-state index in [9.17, 15) is 9.59 Å². The van der Waals surface area contributed by atoms with E-state index in [0.29, 0.717) is 31.1 Å². The molecule has 0 saturated carbocycles. The minimum absolute atomic E-state index is 0.100. The van der Waals surface area contributed by atoms with Gasteiger partial charge in [-0.25, -0.2) is 4.98 Å². The van der Waals surface area contributed by atoms with Crippen molar-refractivity contribution in [2.24, 2.45) is 11.7 Å². The number of carbonyl (C=O) groups is 2. The molecule has 0 spiro atoms. The number of hydrogen-bond acceptors (Lipinski definition) is 4. The van der Waals surface area contributed by atoms with Crippen LogP contribution in [0.25, 0.3) is 10.8 Å². The molecule has 0 bridgehead atoms. The molecule has 1 aliphatic heterocycles. The fourth-order valence-corrected chi connectivity index (χ4v) is 3.22. The number of likely N-dealkylation sites (tertiary alicyclic amines) is 1. The molecule has 1 aliphatic rings. The van der Waals surface area contributed by atoms with Crippen molar-refractivity contribution in [3.63, 3.8) is 0 Å². The molecule has 126 valence electrons. The van der Waals surface area contributed by atoms with E-state index in [4.69, 9.17) is 10.5 Å². The number of pyridine rings is 1. The molecule has 1 saturated heterocycles. The van der Waals surface area contributed by atoms with Gasteiger partial charge in [0.15, 0.2) is 0 Å². The summed E-state index contributed by atoms with van der Waals surface area (Å²) in [6.07, 6.45) is 1.98. The van der Waals surface area contributed by atoms with Crippen molar-refractivity contribution in [1.82, 2.24) is 9.88 Å². The number of benzene rings is 1. The lowest BCUT2D eigenvalue weighted by molar-refractivity contribution is -0.119. The molecule has 2 heterocycles. The summed E-state index contributed by atoms with van der Waals surface area (Å²) >= 11 is 0. The maximum absolute atomic E-state index is 12.8. The Labute approximate surface area is 140 Å². The van der Waals surface area contributed by atoms with Crippen molar-refractivity contribution >= 4 is 22.6 Å². The Morgan fingerprint density at radius 3 is 2.67 bits per heavy atom. The highest BCUT2D eigenvalue weighted by Crippen LogP contribution is 2.26. The van der Waals surface area contributed by atoms with Gasteiger partial charge in [0, 0.05) is 24.9 Å². The molecule has 0 radical (unpaired) electrons. The first-order valence-corrected chi connectivity index (χ1v) is 8.10. The molecule has 6 heteroatoms. The molecular weight excluding hydrogens is 306 g/mol.